The molecule has 3 N–H and O–H groups in total. The van der Waals surface area contributed by atoms with Crippen molar-refractivity contribution in [3.05, 3.63) is 0 Å². The number of nitrogens with two attached hydrogens (primary N) is 1. The second-order valence-electron chi connectivity index (χ2n) is 3.51. The summed E-state index contributed by atoms with van der Waals surface area (Å²) in [5, 5.41) is 3.10. The summed E-state index contributed by atoms with van der Waals surface area (Å²) in [5.41, 5.74) is 5.08. The van der Waals surface area contributed by atoms with Crippen LogP contribution in [0.25, 0.3) is 0 Å². The van der Waals surface area contributed by atoms with Crippen LogP contribution in [0.5, 0.6) is 0 Å². The number of rotatable bonds is 4. The molecular formula is C8H16N2O. The Hall–Kier alpha value is -0.570. The zero-order valence-corrected chi connectivity index (χ0v) is 7.13. The fourth-order valence-corrected chi connectivity index (χ4v) is 1.11. The minimum Gasteiger partial charge on any atom is -0.368 e. The summed E-state index contributed by atoms with van der Waals surface area (Å²) in [4.78, 5) is 10.6. The van der Waals surface area contributed by atoms with E-state index < -0.39 is 0 Å². The minimum atomic E-state index is -0.265. The fourth-order valence-electron chi connectivity index (χ4n) is 1.11. The Morgan fingerprint density at radius 3 is 2.73 bits per heavy atom. The van der Waals surface area contributed by atoms with Crippen LogP contribution >= 0.6 is 0 Å². The predicted molar refractivity (Wildman–Crippen MR) is 43.9 cm³/mol. The van der Waals surface area contributed by atoms with Gasteiger partial charge in [0.1, 0.15) is 0 Å². The zero-order valence-electron chi connectivity index (χ0n) is 7.13. The predicted octanol–water partition coefficient (Wildman–Crippen LogP) is 0.106. The monoisotopic (exact) mass is 156 g/mol. The summed E-state index contributed by atoms with van der Waals surface area (Å²) < 4.78 is 0. The van der Waals surface area contributed by atoms with E-state index in [0.717, 1.165) is 18.4 Å². The van der Waals surface area contributed by atoms with E-state index in [1.54, 1.807) is 6.92 Å². The highest BCUT2D eigenvalue weighted by Gasteiger charge is 2.32. The average molecular weight is 156 g/mol. The Balaban J connectivity index is 2.07. The van der Waals surface area contributed by atoms with Crippen LogP contribution in [0.4, 0.5) is 0 Å². The van der Waals surface area contributed by atoms with Gasteiger partial charge in [-0.2, -0.15) is 0 Å². The number of hydrogen-bond acceptors (Lipinski definition) is 2. The molecule has 3 nitrogen and oxygen atoms in total. The summed E-state index contributed by atoms with van der Waals surface area (Å²) >= 11 is 0. The Morgan fingerprint density at radius 2 is 2.36 bits per heavy atom. The van der Waals surface area contributed by atoms with E-state index in [0.29, 0.717) is 0 Å². The van der Waals surface area contributed by atoms with Gasteiger partial charge in [0, 0.05) is 0 Å². The van der Waals surface area contributed by atoms with Crippen LogP contribution in [0.3, 0.4) is 0 Å². The maximum atomic E-state index is 10.6. The largest absolute Gasteiger partial charge is 0.368 e. The number of carbonyl (C=O) groups is 1. The second-order valence-corrected chi connectivity index (χ2v) is 3.51. The van der Waals surface area contributed by atoms with Crippen molar-refractivity contribution in [1.82, 2.24) is 5.32 Å². The molecule has 0 aromatic heterocycles. The highest BCUT2D eigenvalue weighted by Crippen LogP contribution is 2.36. The lowest BCUT2D eigenvalue weighted by Gasteiger charge is -2.08. The van der Waals surface area contributed by atoms with Crippen molar-refractivity contribution < 1.29 is 4.79 Å². The molecule has 0 bridgehead atoms. The van der Waals surface area contributed by atoms with Crippen LogP contribution in [-0.4, -0.2) is 18.5 Å². The van der Waals surface area contributed by atoms with E-state index in [1.807, 2.05) is 0 Å². The molecule has 0 aliphatic heterocycles. The molecule has 1 aliphatic carbocycles. The van der Waals surface area contributed by atoms with Crippen molar-refractivity contribution in [1.29, 1.82) is 0 Å². The fraction of sp³-hybridized carbons (Fsp3) is 0.875. The van der Waals surface area contributed by atoms with E-state index in [4.69, 9.17) is 5.73 Å². The van der Waals surface area contributed by atoms with Gasteiger partial charge in [0.15, 0.2) is 0 Å². The molecule has 0 spiro atoms. The van der Waals surface area contributed by atoms with Crippen LogP contribution in [0, 0.1) is 11.8 Å². The standard InChI is InChI=1S/C8H16N2O/c1-5-3-7(5)4-10-6(2)8(9)11/h5-7,10H,3-4H2,1-2H3,(H2,9,11). The molecule has 0 aromatic rings. The van der Waals surface area contributed by atoms with E-state index in [9.17, 15) is 4.79 Å². The number of nitrogens with one attached hydrogen (secondary N) is 1. The Morgan fingerprint density at radius 1 is 1.82 bits per heavy atom. The first-order chi connectivity index (χ1) is 5.11. The van der Waals surface area contributed by atoms with Gasteiger partial charge in [0.25, 0.3) is 0 Å². The lowest BCUT2D eigenvalue weighted by molar-refractivity contribution is -0.119. The number of hydrogen-bond donors (Lipinski definition) is 2. The smallest absolute Gasteiger partial charge is 0.234 e. The Bertz CT molecular complexity index is 158. The maximum Gasteiger partial charge on any atom is 0.234 e. The normalized spacial score (nSPS) is 31.5. The van der Waals surface area contributed by atoms with Gasteiger partial charge >= 0.3 is 0 Å². The first-order valence-corrected chi connectivity index (χ1v) is 4.14. The van der Waals surface area contributed by atoms with Gasteiger partial charge in [-0.05, 0) is 31.7 Å². The highest BCUT2D eigenvalue weighted by atomic mass is 16.1. The number of amides is 1. The van der Waals surface area contributed by atoms with Crippen molar-refractivity contribution in [3.8, 4) is 0 Å². The van der Waals surface area contributed by atoms with Crippen molar-refractivity contribution in [3.63, 3.8) is 0 Å². The second kappa shape index (κ2) is 3.22. The molecule has 3 unspecified atom stereocenters. The third-order valence-electron chi connectivity index (χ3n) is 2.39. The molecular weight excluding hydrogens is 140 g/mol. The molecule has 1 rings (SSSR count). The molecule has 0 radical (unpaired) electrons. The summed E-state index contributed by atoms with van der Waals surface area (Å²) in [5.74, 6) is 1.35. The summed E-state index contributed by atoms with van der Waals surface area (Å²) in [6.45, 7) is 4.96. The van der Waals surface area contributed by atoms with Crippen LogP contribution in [-0.2, 0) is 4.79 Å². The minimum absolute atomic E-state index is 0.178. The molecule has 11 heavy (non-hydrogen) atoms. The molecule has 1 fully saturated rings. The zero-order chi connectivity index (χ0) is 8.43. The summed E-state index contributed by atoms with van der Waals surface area (Å²) in [6, 6.07) is -0.178. The quantitative estimate of drug-likeness (QED) is 0.607. The molecule has 1 amide bonds. The van der Waals surface area contributed by atoms with E-state index >= 15 is 0 Å². The first kappa shape index (κ1) is 8.53. The van der Waals surface area contributed by atoms with Gasteiger partial charge < -0.3 is 11.1 Å². The van der Waals surface area contributed by atoms with Gasteiger partial charge in [-0.25, -0.2) is 0 Å². The van der Waals surface area contributed by atoms with Crippen LogP contribution in [0.1, 0.15) is 20.3 Å². The Labute approximate surface area is 67.3 Å². The van der Waals surface area contributed by atoms with Crippen molar-refractivity contribution >= 4 is 5.91 Å². The SMILES string of the molecule is CC(NCC1CC1C)C(N)=O. The molecule has 3 heteroatoms. The summed E-state index contributed by atoms with van der Waals surface area (Å²) in [7, 11) is 0. The third-order valence-corrected chi connectivity index (χ3v) is 2.39. The molecule has 0 saturated heterocycles. The molecule has 64 valence electrons. The van der Waals surface area contributed by atoms with Crippen molar-refractivity contribution in [2.24, 2.45) is 17.6 Å². The lowest BCUT2D eigenvalue weighted by Crippen LogP contribution is -2.39. The molecule has 1 aliphatic rings. The average Bonchev–Trinajstić information content (AvgIpc) is 2.61. The third kappa shape index (κ3) is 2.50. The van der Waals surface area contributed by atoms with Crippen LogP contribution in [0.2, 0.25) is 0 Å². The highest BCUT2D eigenvalue weighted by molar-refractivity contribution is 5.79. The van der Waals surface area contributed by atoms with Gasteiger partial charge in [-0.15, -0.1) is 0 Å². The number of carbonyl (C=O) groups excluding carboxylic acids is 1. The molecule has 0 heterocycles. The van der Waals surface area contributed by atoms with Crippen LogP contribution < -0.4 is 11.1 Å². The molecule has 1 saturated carbocycles. The van der Waals surface area contributed by atoms with Gasteiger partial charge in [0.05, 0.1) is 6.04 Å². The topological polar surface area (TPSA) is 55.1 Å². The van der Waals surface area contributed by atoms with Crippen LogP contribution in [0.15, 0.2) is 0 Å². The molecule has 0 aromatic carbocycles. The van der Waals surface area contributed by atoms with E-state index in [2.05, 4.69) is 12.2 Å². The van der Waals surface area contributed by atoms with Gasteiger partial charge in [-0.1, -0.05) is 6.92 Å². The first-order valence-electron chi connectivity index (χ1n) is 4.14. The van der Waals surface area contributed by atoms with Crippen molar-refractivity contribution in [2.45, 2.75) is 26.3 Å². The Kier molecular flexibility index (Phi) is 2.49. The number of primary amides is 1. The van der Waals surface area contributed by atoms with Gasteiger partial charge in [0.2, 0.25) is 5.91 Å². The summed E-state index contributed by atoms with van der Waals surface area (Å²) in [6.07, 6.45) is 1.29. The maximum absolute atomic E-state index is 10.6. The van der Waals surface area contributed by atoms with E-state index in [1.165, 1.54) is 6.42 Å². The van der Waals surface area contributed by atoms with Gasteiger partial charge in [-0.3, -0.25) is 4.79 Å². The van der Waals surface area contributed by atoms with E-state index in [-0.39, 0.29) is 11.9 Å². The molecule has 3 atom stereocenters. The lowest BCUT2D eigenvalue weighted by atomic mass is 10.3. The van der Waals surface area contributed by atoms with Crippen molar-refractivity contribution in [2.75, 3.05) is 6.54 Å².